The summed E-state index contributed by atoms with van der Waals surface area (Å²) in [4.78, 5) is 0. The maximum Gasteiger partial charge on any atom is 0.136 e. The first-order valence-corrected chi connectivity index (χ1v) is 11.9. The highest BCUT2D eigenvalue weighted by Crippen LogP contribution is 2.34. The van der Waals surface area contributed by atoms with Crippen LogP contribution < -0.4 is 4.74 Å². The molecule has 1 aromatic carbocycles. The summed E-state index contributed by atoms with van der Waals surface area (Å²) in [5, 5.41) is 8.66. The molecule has 0 bridgehead atoms. The van der Waals surface area contributed by atoms with E-state index >= 15 is 0 Å². The van der Waals surface area contributed by atoms with Crippen LogP contribution >= 0.6 is 0 Å². The van der Waals surface area contributed by atoms with E-state index in [4.69, 9.17) is 4.74 Å². The number of nitrogens with zero attached hydrogens (tertiary/aromatic N) is 2. The van der Waals surface area contributed by atoms with Gasteiger partial charge in [0, 0.05) is 11.6 Å². The summed E-state index contributed by atoms with van der Waals surface area (Å²) in [5.74, 6) is 2.02. The fraction of sp³-hybridized carbons (Fsp3) is 0.615. The number of unbranched alkanes of at least 4 members (excludes halogenated alkanes) is 2. The van der Waals surface area contributed by atoms with Crippen molar-refractivity contribution in [2.45, 2.75) is 84.5 Å². The van der Waals surface area contributed by atoms with Crippen LogP contribution in [0.5, 0.6) is 5.75 Å². The first-order valence-electron chi connectivity index (χ1n) is 11.9. The van der Waals surface area contributed by atoms with Crippen LogP contribution in [-0.2, 0) is 6.42 Å². The maximum absolute atomic E-state index is 14.4. The SMILES string of the molecule is CCCCCC1CCC(CCc2ccc(-c3ccc(OCCC)cc3F)nn2)CC1. The average molecular weight is 413 g/mol. The molecule has 0 unspecified atom stereocenters. The molecule has 0 spiro atoms. The second-order valence-electron chi connectivity index (χ2n) is 8.82. The highest BCUT2D eigenvalue weighted by atomic mass is 19.1. The quantitative estimate of drug-likeness (QED) is 0.361. The molecular formula is C26H37FN2O. The fourth-order valence-corrected chi connectivity index (χ4v) is 4.49. The van der Waals surface area contributed by atoms with Crippen LogP contribution in [0.4, 0.5) is 4.39 Å². The Labute approximate surface area is 181 Å². The number of rotatable bonds is 11. The van der Waals surface area contributed by atoms with Crippen molar-refractivity contribution in [3.63, 3.8) is 0 Å². The predicted octanol–water partition coefficient (Wildman–Crippen LogP) is 7.39. The lowest BCUT2D eigenvalue weighted by molar-refractivity contribution is 0.248. The van der Waals surface area contributed by atoms with E-state index in [0.717, 1.165) is 30.4 Å². The molecule has 0 atom stereocenters. The lowest BCUT2D eigenvalue weighted by Gasteiger charge is -2.28. The highest BCUT2D eigenvalue weighted by Gasteiger charge is 2.21. The number of aromatic nitrogens is 2. The van der Waals surface area contributed by atoms with Gasteiger partial charge < -0.3 is 4.74 Å². The third-order valence-electron chi connectivity index (χ3n) is 6.40. The van der Waals surface area contributed by atoms with E-state index < -0.39 is 0 Å². The summed E-state index contributed by atoms with van der Waals surface area (Å²) in [6.45, 7) is 4.90. The molecule has 0 N–H and O–H groups in total. The molecule has 1 aromatic heterocycles. The van der Waals surface area contributed by atoms with Crippen LogP contribution in [0.3, 0.4) is 0 Å². The minimum absolute atomic E-state index is 0.318. The van der Waals surface area contributed by atoms with Crippen molar-refractivity contribution >= 4 is 0 Å². The zero-order chi connectivity index (χ0) is 21.2. The van der Waals surface area contributed by atoms with Gasteiger partial charge in [-0.3, -0.25) is 0 Å². The van der Waals surface area contributed by atoms with Gasteiger partial charge in [-0.25, -0.2) is 4.39 Å². The minimum Gasteiger partial charge on any atom is -0.494 e. The zero-order valence-electron chi connectivity index (χ0n) is 18.7. The molecule has 1 aliphatic carbocycles. The smallest absolute Gasteiger partial charge is 0.136 e. The fourth-order valence-electron chi connectivity index (χ4n) is 4.49. The molecule has 1 saturated carbocycles. The molecule has 164 valence electrons. The van der Waals surface area contributed by atoms with E-state index in [1.54, 1.807) is 12.1 Å². The van der Waals surface area contributed by atoms with Gasteiger partial charge in [0.05, 0.1) is 18.0 Å². The summed E-state index contributed by atoms with van der Waals surface area (Å²) >= 11 is 0. The van der Waals surface area contributed by atoms with E-state index in [1.165, 1.54) is 63.9 Å². The summed E-state index contributed by atoms with van der Waals surface area (Å²) in [6, 6.07) is 8.84. The maximum atomic E-state index is 14.4. The van der Waals surface area contributed by atoms with Crippen LogP contribution in [0.2, 0.25) is 0 Å². The van der Waals surface area contributed by atoms with Crippen molar-refractivity contribution < 1.29 is 9.13 Å². The van der Waals surface area contributed by atoms with Crippen molar-refractivity contribution in [3.8, 4) is 17.0 Å². The normalized spacial score (nSPS) is 19.0. The Morgan fingerprint density at radius 3 is 2.30 bits per heavy atom. The first kappa shape index (κ1) is 22.7. The lowest BCUT2D eigenvalue weighted by atomic mass is 9.78. The van der Waals surface area contributed by atoms with Gasteiger partial charge in [0.25, 0.3) is 0 Å². The van der Waals surface area contributed by atoms with Gasteiger partial charge in [0.15, 0.2) is 0 Å². The molecule has 1 heterocycles. The first-order chi connectivity index (χ1) is 14.7. The zero-order valence-corrected chi connectivity index (χ0v) is 18.7. The van der Waals surface area contributed by atoms with Crippen LogP contribution in [0.1, 0.15) is 83.7 Å². The average Bonchev–Trinajstić information content (AvgIpc) is 2.78. The van der Waals surface area contributed by atoms with E-state index in [0.29, 0.717) is 23.6 Å². The number of aryl methyl sites for hydroxylation is 1. The summed E-state index contributed by atoms with van der Waals surface area (Å²) in [7, 11) is 0. The van der Waals surface area contributed by atoms with E-state index in [2.05, 4.69) is 17.1 Å². The lowest BCUT2D eigenvalue weighted by Crippen LogP contribution is -2.15. The second kappa shape index (κ2) is 12.0. The Kier molecular flexibility index (Phi) is 9.10. The molecule has 1 fully saturated rings. The Morgan fingerprint density at radius 2 is 1.67 bits per heavy atom. The number of ether oxygens (including phenoxy) is 1. The predicted molar refractivity (Wildman–Crippen MR) is 121 cm³/mol. The number of hydrogen-bond donors (Lipinski definition) is 0. The second-order valence-corrected chi connectivity index (χ2v) is 8.82. The van der Waals surface area contributed by atoms with Crippen LogP contribution in [-0.4, -0.2) is 16.8 Å². The van der Waals surface area contributed by atoms with Crippen molar-refractivity contribution in [2.75, 3.05) is 6.61 Å². The molecule has 1 aliphatic rings. The minimum atomic E-state index is -0.318. The number of benzene rings is 1. The van der Waals surface area contributed by atoms with E-state index in [-0.39, 0.29) is 5.82 Å². The molecule has 2 aromatic rings. The highest BCUT2D eigenvalue weighted by molar-refractivity contribution is 5.60. The van der Waals surface area contributed by atoms with Crippen LogP contribution in [0.25, 0.3) is 11.3 Å². The Hall–Kier alpha value is -1.97. The number of hydrogen-bond acceptors (Lipinski definition) is 3. The summed E-state index contributed by atoms with van der Waals surface area (Å²) < 4.78 is 19.9. The van der Waals surface area contributed by atoms with E-state index in [1.807, 2.05) is 19.1 Å². The molecule has 0 amide bonds. The molecule has 0 aliphatic heterocycles. The van der Waals surface area contributed by atoms with Gasteiger partial charge in [0.2, 0.25) is 0 Å². The van der Waals surface area contributed by atoms with Crippen molar-refractivity contribution in [3.05, 3.63) is 41.8 Å². The van der Waals surface area contributed by atoms with Gasteiger partial charge in [-0.2, -0.15) is 10.2 Å². The Bertz CT molecular complexity index is 754. The Balaban J connectivity index is 1.46. The summed E-state index contributed by atoms with van der Waals surface area (Å²) in [5.41, 5.74) is 2.05. The third kappa shape index (κ3) is 6.78. The molecular weight excluding hydrogens is 375 g/mol. The van der Waals surface area contributed by atoms with Gasteiger partial charge in [-0.1, -0.05) is 65.2 Å². The topological polar surface area (TPSA) is 35.0 Å². The van der Waals surface area contributed by atoms with Gasteiger partial charge in [0.1, 0.15) is 11.6 Å². The van der Waals surface area contributed by atoms with Crippen molar-refractivity contribution in [1.29, 1.82) is 0 Å². The van der Waals surface area contributed by atoms with Gasteiger partial charge >= 0.3 is 0 Å². The largest absolute Gasteiger partial charge is 0.494 e. The summed E-state index contributed by atoms with van der Waals surface area (Å²) in [6.07, 6.45) is 14.1. The Morgan fingerprint density at radius 1 is 0.900 bits per heavy atom. The molecule has 0 radical (unpaired) electrons. The van der Waals surface area contributed by atoms with Gasteiger partial charge in [-0.05, 0) is 55.4 Å². The van der Waals surface area contributed by atoms with Crippen LogP contribution in [0.15, 0.2) is 30.3 Å². The molecule has 3 rings (SSSR count). The standard InChI is InChI=1S/C26H37FN2O/c1-3-5-6-7-20-8-10-21(11-9-20)12-13-22-14-17-26(29-28-22)24-16-15-23(19-25(24)27)30-18-4-2/h14-17,19-21H,3-13,18H2,1-2H3. The monoisotopic (exact) mass is 412 g/mol. The van der Waals surface area contributed by atoms with Crippen molar-refractivity contribution in [1.82, 2.24) is 10.2 Å². The van der Waals surface area contributed by atoms with E-state index in [9.17, 15) is 4.39 Å². The number of halogens is 1. The van der Waals surface area contributed by atoms with Crippen LogP contribution in [0, 0.1) is 17.7 Å². The van der Waals surface area contributed by atoms with Crippen molar-refractivity contribution in [2.24, 2.45) is 11.8 Å². The van der Waals surface area contributed by atoms with Gasteiger partial charge in [-0.15, -0.1) is 0 Å². The molecule has 30 heavy (non-hydrogen) atoms. The third-order valence-corrected chi connectivity index (χ3v) is 6.40. The molecule has 4 heteroatoms. The molecule has 3 nitrogen and oxygen atoms in total. The molecule has 0 saturated heterocycles.